The number of nitrogens with one attached hydrogen (secondary N) is 1. The zero-order valence-corrected chi connectivity index (χ0v) is 15.5. The molecule has 4 rings (SSSR count). The average Bonchev–Trinajstić information content (AvgIpc) is 3.22. The van der Waals surface area contributed by atoms with E-state index in [1.165, 1.54) is 0 Å². The van der Waals surface area contributed by atoms with Crippen LogP contribution in [0.5, 0.6) is 0 Å². The number of carbonyl (C=O) groups excluding carboxylic acids is 1. The second kappa shape index (κ2) is 7.25. The first kappa shape index (κ1) is 17.3. The molecule has 0 aliphatic heterocycles. The largest absolute Gasteiger partial charge is 0.383 e. The summed E-state index contributed by atoms with van der Waals surface area (Å²) in [4.78, 5) is 17.2. The molecule has 0 saturated heterocycles. The number of aryl methyl sites for hydroxylation is 1. The zero-order chi connectivity index (χ0) is 18.8. The van der Waals surface area contributed by atoms with E-state index in [2.05, 4.69) is 31.6 Å². The molecule has 1 amide bonds. The standard InChI is InChI=1S/C21H22N4O2/c1-24-17-9-4-3-8-16(17)20-18(24)13-19(25(20)11-12-27-2)21(26)23-14-15-7-5-6-10-22-15/h3-10,13H,11-12,14H2,1-2H3,(H,23,26). The molecule has 0 saturated carbocycles. The summed E-state index contributed by atoms with van der Waals surface area (Å²) < 4.78 is 9.46. The Morgan fingerprint density at radius 3 is 2.74 bits per heavy atom. The molecule has 0 radical (unpaired) electrons. The van der Waals surface area contributed by atoms with Gasteiger partial charge in [-0.1, -0.05) is 24.3 Å². The number of para-hydroxylation sites is 1. The lowest BCUT2D eigenvalue weighted by atomic mass is 10.2. The molecule has 4 aromatic rings. The third kappa shape index (κ3) is 3.08. The molecule has 0 fully saturated rings. The van der Waals surface area contributed by atoms with Crippen LogP contribution in [0.2, 0.25) is 0 Å². The van der Waals surface area contributed by atoms with Crippen molar-refractivity contribution in [1.82, 2.24) is 19.4 Å². The second-order valence-corrected chi connectivity index (χ2v) is 6.49. The average molecular weight is 362 g/mol. The van der Waals surface area contributed by atoms with Crippen LogP contribution in [-0.2, 0) is 24.9 Å². The van der Waals surface area contributed by atoms with Crippen molar-refractivity contribution >= 4 is 27.8 Å². The summed E-state index contributed by atoms with van der Waals surface area (Å²) in [7, 11) is 3.70. The van der Waals surface area contributed by atoms with Crippen molar-refractivity contribution in [2.24, 2.45) is 7.05 Å². The van der Waals surface area contributed by atoms with Crippen molar-refractivity contribution in [3.63, 3.8) is 0 Å². The van der Waals surface area contributed by atoms with E-state index in [1.807, 2.05) is 43.4 Å². The van der Waals surface area contributed by atoms with Crippen LogP contribution >= 0.6 is 0 Å². The predicted octanol–water partition coefficient (Wildman–Crippen LogP) is 3.10. The van der Waals surface area contributed by atoms with Gasteiger partial charge in [-0.2, -0.15) is 0 Å². The Morgan fingerprint density at radius 2 is 1.96 bits per heavy atom. The van der Waals surface area contributed by atoms with Gasteiger partial charge in [0.25, 0.3) is 5.91 Å². The first-order valence-electron chi connectivity index (χ1n) is 8.94. The molecule has 0 unspecified atom stereocenters. The van der Waals surface area contributed by atoms with Crippen molar-refractivity contribution in [2.75, 3.05) is 13.7 Å². The highest BCUT2D eigenvalue weighted by atomic mass is 16.5. The molecule has 0 spiro atoms. The monoisotopic (exact) mass is 362 g/mol. The highest BCUT2D eigenvalue weighted by molar-refractivity contribution is 6.10. The summed E-state index contributed by atoms with van der Waals surface area (Å²) in [6.45, 7) is 1.54. The molecule has 27 heavy (non-hydrogen) atoms. The van der Waals surface area contributed by atoms with Gasteiger partial charge >= 0.3 is 0 Å². The number of hydrogen-bond donors (Lipinski definition) is 1. The van der Waals surface area contributed by atoms with Crippen LogP contribution in [0.25, 0.3) is 21.9 Å². The normalized spacial score (nSPS) is 11.3. The molecule has 1 N–H and O–H groups in total. The molecule has 0 aliphatic carbocycles. The van der Waals surface area contributed by atoms with E-state index in [-0.39, 0.29) is 5.91 Å². The van der Waals surface area contributed by atoms with Crippen LogP contribution < -0.4 is 5.32 Å². The third-order valence-electron chi connectivity index (χ3n) is 4.87. The number of aromatic nitrogens is 3. The highest BCUT2D eigenvalue weighted by Gasteiger charge is 2.20. The first-order chi connectivity index (χ1) is 13.2. The SMILES string of the molecule is COCCn1c(C(=O)NCc2ccccn2)cc2c1c1ccccc1n2C. The minimum atomic E-state index is -0.114. The number of fused-ring (bicyclic) bond motifs is 3. The van der Waals surface area contributed by atoms with E-state index < -0.39 is 0 Å². The van der Waals surface area contributed by atoms with E-state index in [9.17, 15) is 4.79 Å². The fourth-order valence-corrected chi connectivity index (χ4v) is 3.54. The smallest absolute Gasteiger partial charge is 0.268 e. The zero-order valence-electron chi connectivity index (χ0n) is 15.5. The maximum atomic E-state index is 12.9. The van der Waals surface area contributed by atoms with Gasteiger partial charge in [0.15, 0.2) is 0 Å². The summed E-state index contributed by atoms with van der Waals surface area (Å²) >= 11 is 0. The summed E-state index contributed by atoms with van der Waals surface area (Å²) in [6, 6.07) is 15.9. The van der Waals surface area contributed by atoms with Crippen molar-refractivity contribution in [1.29, 1.82) is 0 Å². The number of nitrogens with zero attached hydrogens (tertiary/aromatic N) is 3. The second-order valence-electron chi connectivity index (χ2n) is 6.49. The van der Waals surface area contributed by atoms with Gasteiger partial charge in [-0.25, -0.2) is 0 Å². The number of rotatable bonds is 6. The minimum absolute atomic E-state index is 0.114. The van der Waals surface area contributed by atoms with Crippen molar-refractivity contribution in [3.05, 3.63) is 66.1 Å². The molecule has 0 atom stereocenters. The molecule has 6 heteroatoms. The summed E-state index contributed by atoms with van der Waals surface area (Å²) in [5.74, 6) is -0.114. The minimum Gasteiger partial charge on any atom is -0.383 e. The van der Waals surface area contributed by atoms with Crippen LogP contribution in [0.1, 0.15) is 16.2 Å². The van der Waals surface area contributed by atoms with Crippen LogP contribution in [0.3, 0.4) is 0 Å². The molecule has 3 aromatic heterocycles. The number of methoxy groups -OCH3 is 1. The van der Waals surface area contributed by atoms with Crippen LogP contribution in [0.4, 0.5) is 0 Å². The number of hydrogen-bond acceptors (Lipinski definition) is 3. The highest BCUT2D eigenvalue weighted by Crippen LogP contribution is 2.31. The molecule has 3 heterocycles. The van der Waals surface area contributed by atoms with Crippen molar-refractivity contribution in [2.45, 2.75) is 13.1 Å². The molecule has 0 bridgehead atoms. The lowest BCUT2D eigenvalue weighted by molar-refractivity contribution is 0.0939. The quantitative estimate of drug-likeness (QED) is 0.573. The summed E-state index contributed by atoms with van der Waals surface area (Å²) in [5, 5.41) is 4.11. The number of pyridine rings is 1. The molecule has 0 aliphatic rings. The van der Waals surface area contributed by atoms with E-state index in [0.29, 0.717) is 25.4 Å². The molecule has 138 valence electrons. The van der Waals surface area contributed by atoms with E-state index in [1.54, 1.807) is 13.3 Å². The molecular weight excluding hydrogens is 340 g/mol. The topological polar surface area (TPSA) is 61.1 Å². The van der Waals surface area contributed by atoms with Crippen LogP contribution in [0, 0.1) is 0 Å². The van der Waals surface area contributed by atoms with Crippen molar-refractivity contribution in [3.8, 4) is 0 Å². The Labute approximate surface area is 157 Å². The molecular formula is C21H22N4O2. The maximum Gasteiger partial charge on any atom is 0.268 e. The molecule has 6 nitrogen and oxygen atoms in total. The lowest BCUT2D eigenvalue weighted by Gasteiger charge is -2.11. The summed E-state index contributed by atoms with van der Waals surface area (Å²) in [5.41, 5.74) is 4.71. The van der Waals surface area contributed by atoms with Crippen LogP contribution in [0.15, 0.2) is 54.7 Å². The third-order valence-corrected chi connectivity index (χ3v) is 4.87. The Hall–Kier alpha value is -3.12. The van der Waals surface area contributed by atoms with Gasteiger partial charge in [0.05, 0.1) is 35.4 Å². The number of carbonyl (C=O) groups is 1. The Kier molecular flexibility index (Phi) is 4.64. The number of benzene rings is 1. The Balaban J connectivity index is 1.75. The fourth-order valence-electron chi connectivity index (χ4n) is 3.54. The number of ether oxygens (including phenoxy) is 1. The molecule has 1 aromatic carbocycles. The van der Waals surface area contributed by atoms with Gasteiger partial charge in [0, 0.05) is 32.3 Å². The van der Waals surface area contributed by atoms with E-state index in [4.69, 9.17) is 4.74 Å². The van der Waals surface area contributed by atoms with E-state index in [0.717, 1.165) is 27.6 Å². The van der Waals surface area contributed by atoms with Crippen LogP contribution in [-0.4, -0.2) is 33.7 Å². The van der Waals surface area contributed by atoms with E-state index >= 15 is 0 Å². The fraction of sp³-hybridized carbons (Fsp3) is 0.238. The predicted molar refractivity (Wildman–Crippen MR) is 106 cm³/mol. The van der Waals surface area contributed by atoms with Gasteiger partial charge in [-0.05, 0) is 24.3 Å². The van der Waals surface area contributed by atoms with Gasteiger partial charge < -0.3 is 19.2 Å². The van der Waals surface area contributed by atoms with Gasteiger partial charge in [-0.3, -0.25) is 9.78 Å². The summed E-state index contributed by atoms with van der Waals surface area (Å²) in [6.07, 6.45) is 1.73. The Morgan fingerprint density at radius 1 is 1.15 bits per heavy atom. The maximum absolute atomic E-state index is 12.9. The first-order valence-corrected chi connectivity index (χ1v) is 8.94. The van der Waals surface area contributed by atoms with Crippen molar-refractivity contribution < 1.29 is 9.53 Å². The Bertz CT molecular complexity index is 1100. The number of amides is 1. The lowest BCUT2D eigenvalue weighted by Crippen LogP contribution is -2.26. The van der Waals surface area contributed by atoms with Gasteiger partial charge in [-0.15, -0.1) is 0 Å². The van der Waals surface area contributed by atoms with Gasteiger partial charge in [0.1, 0.15) is 5.69 Å². The van der Waals surface area contributed by atoms with Gasteiger partial charge in [0.2, 0.25) is 0 Å².